The Balaban J connectivity index is 1.62. The zero-order valence-electron chi connectivity index (χ0n) is 20.1. The molecule has 1 aromatic heterocycles. The van der Waals surface area contributed by atoms with Gasteiger partial charge in [0.1, 0.15) is 0 Å². The van der Waals surface area contributed by atoms with E-state index >= 15 is 0 Å². The molecule has 0 unspecified atom stereocenters. The molecule has 4 rings (SSSR count). The van der Waals surface area contributed by atoms with Gasteiger partial charge in [0, 0.05) is 23.5 Å². The summed E-state index contributed by atoms with van der Waals surface area (Å²) in [5.41, 5.74) is 3.37. The number of thiophene rings is 1. The van der Waals surface area contributed by atoms with Crippen molar-refractivity contribution in [3.8, 4) is 11.5 Å². The molecular weight excluding hydrogens is 484 g/mol. The Labute approximate surface area is 209 Å². The number of carbonyl (C=O) groups is 1. The third-order valence-corrected chi connectivity index (χ3v) is 8.85. The van der Waals surface area contributed by atoms with E-state index in [4.69, 9.17) is 9.47 Å². The fourth-order valence-electron chi connectivity index (χ4n) is 3.68. The van der Waals surface area contributed by atoms with E-state index < -0.39 is 10.0 Å². The van der Waals surface area contributed by atoms with Crippen molar-refractivity contribution in [2.45, 2.75) is 18.7 Å². The van der Waals surface area contributed by atoms with E-state index in [-0.39, 0.29) is 10.8 Å². The maximum Gasteiger partial charge on any atom is 0.265 e. The number of aryl methyl sites for hydroxylation is 1. The van der Waals surface area contributed by atoms with Crippen molar-refractivity contribution >= 4 is 48.7 Å². The van der Waals surface area contributed by atoms with Gasteiger partial charge in [-0.1, -0.05) is 12.1 Å². The summed E-state index contributed by atoms with van der Waals surface area (Å²) in [6.45, 7) is 3.97. The van der Waals surface area contributed by atoms with Crippen molar-refractivity contribution in [1.29, 1.82) is 0 Å². The van der Waals surface area contributed by atoms with Crippen LogP contribution in [0.15, 0.2) is 65.6 Å². The number of amides is 1. The van der Waals surface area contributed by atoms with Crippen LogP contribution in [0.1, 0.15) is 20.8 Å². The largest absolute Gasteiger partial charge is 0.493 e. The molecule has 9 heteroatoms. The summed E-state index contributed by atoms with van der Waals surface area (Å²) in [5.74, 6) is 0.572. The second-order valence-corrected chi connectivity index (χ2v) is 11.1. The van der Waals surface area contributed by atoms with Crippen molar-refractivity contribution < 1.29 is 22.7 Å². The first-order valence-electron chi connectivity index (χ1n) is 10.8. The van der Waals surface area contributed by atoms with E-state index in [0.717, 1.165) is 26.9 Å². The number of methoxy groups -OCH3 is 2. The van der Waals surface area contributed by atoms with Crippen LogP contribution in [0, 0.1) is 13.8 Å². The molecule has 0 bridgehead atoms. The molecule has 1 heterocycles. The van der Waals surface area contributed by atoms with E-state index in [1.54, 1.807) is 24.3 Å². The van der Waals surface area contributed by atoms with Gasteiger partial charge in [-0.05, 0) is 72.8 Å². The molecule has 0 aliphatic rings. The lowest BCUT2D eigenvalue weighted by Crippen LogP contribution is -2.26. The van der Waals surface area contributed by atoms with Crippen LogP contribution in [-0.2, 0) is 10.0 Å². The summed E-state index contributed by atoms with van der Waals surface area (Å²) in [5, 5.41) is 3.76. The molecule has 182 valence electrons. The van der Waals surface area contributed by atoms with Gasteiger partial charge in [0.25, 0.3) is 15.9 Å². The number of anilines is 2. The van der Waals surface area contributed by atoms with Crippen LogP contribution in [0.25, 0.3) is 10.1 Å². The minimum absolute atomic E-state index is 0.0802. The number of carbonyl (C=O) groups excluding carboxylic acids is 1. The average molecular weight is 511 g/mol. The van der Waals surface area contributed by atoms with Gasteiger partial charge in [0.2, 0.25) is 0 Å². The SMILES string of the molecule is COc1ccc(S(=O)(=O)N(C)c2ccc3sc(C(=O)Nc4cccc(C)c4C)cc3c2)cc1OC. The number of benzene rings is 3. The Hall–Kier alpha value is -3.56. The number of hydrogen-bond donors (Lipinski definition) is 1. The lowest BCUT2D eigenvalue weighted by molar-refractivity contribution is 0.103. The molecule has 1 N–H and O–H groups in total. The highest BCUT2D eigenvalue weighted by atomic mass is 32.2. The fourth-order valence-corrected chi connectivity index (χ4v) is 5.82. The van der Waals surface area contributed by atoms with Crippen LogP contribution in [0.2, 0.25) is 0 Å². The van der Waals surface area contributed by atoms with Crippen LogP contribution in [0.4, 0.5) is 11.4 Å². The lowest BCUT2D eigenvalue weighted by Gasteiger charge is -2.20. The minimum atomic E-state index is -3.86. The number of rotatable bonds is 7. The Kier molecular flexibility index (Phi) is 6.73. The van der Waals surface area contributed by atoms with Gasteiger partial charge in [-0.3, -0.25) is 9.10 Å². The van der Waals surface area contributed by atoms with E-state index in [1.807, 2.05) is 38.1 Å². The number of ether oxygens (including phenoxy) is 2. The van der Waals surface area contributed by atoms with Crippen molar-refractivity contribution in [2.24, 2.45) is 0 Å². The first kappa shape index (κ1) is 24.6. The quantitative estimate of drug-likeness (QED) is 0.349. The number of hydrogen-bond acceptors (Lipinski definition) is 6. The van der Waals surface area contributed by atoms with Gasteiger partial charge in [-0.25, -0.2) is 8.42 Å². The molecule has 35 heavy (non-hydrogen) atoms. The number of sulfonamides is 1. The van der Waals surface area contributed by atoms with Crippen LogP contribution < -0.4 is 19.1 Å². The lowest BCUT2D eigenvalue weighted by atomic mass is 10.1. The number of nitrogens with zero attached hydrogens (tertiary/aromatic N) is 1. The number of fused-ring (bicyclic) bond motifs is 1. The van der Waals surface area contributed by atoms with Crippen LogP contribution in [0.3, 0.4) is 0 Å². The molecule has 4 aromatic rings. The van der Waals surface area contributed by atoms with Crippen molar-refractivity contribution in [3.05, 3.63) is 76.7 Å². The van der Waals surface area contributed by atoms with Gasteiger partial charge in [-0.15, -0.1) is 11.3 Å². The highest BCUT2D eigenvalue weighted by Crippen LogP contribution is 2.34. The average Bonchev–Trinajstić information content (AvgIpc) is 3.29. The predicted octanol–water partition coefficient (Wildman–Crippen LogP) is 5.61. The molecule has 0 aliphatic heterocycles. The van der Waals surface area contributed by atoms with Gasteiger partial charge in [-0.2, -0.15) is 0 Å². The van der Waals surface area contributed by atoms with Crippen LogP contribution in [-0.4, -0.2) is 35.6 Å². The number of nitrogens with one attached hydrogen (secondary N) is 1. The molecule has 0 fully saturated rings. The summed E-state index contributed by atoms with van der Waals surface area (Å²) in [6, 6.07) is 17.3. The van der Waals surface area contributed by atoms with Gasteiger partial charge in [0.05, 0.1) is 29.7 Å². The summed E-state index contributed by atoms with van der Waals surface area (Å²) >= 11 is 1.36. The molecule has 0 atom stereocenters. The second-order valence-electron chi connectivity index (χ2n) is 8.02. The monoisotopic (exact) mass is 510 g/mol. The van der Waals surface area contributed by atoms with Crippen molar-refractivity contribution in [1.82, 2.24) is 0 Å². The molecule has 0 saturated heterocycles. The molecule has 1 amide bonds. The summed E-state index contributed by atoms with van der Waals surface area (Å²) in [7, 11) is 0.584. The van der Waals surface area contributed by atoms with E-state index in [0.29, 0.717) is 22.1 Å². The molecule has 0 spiro atoms. The maximum atomic E-state index is 13.3. The zero-order chi connectivity index (χ0) is 25.3. The smallest absolute Gasteiger partial charge is 0.265 e. The standard InChI is InChI=1S/C26H26N2O5S2/c1-16-7-6-8-21(17(16)2)27-26(29)25-14-18-13-19(9-12-24(18)34-25)28(3)35(30,31)20-10-11-22(32-4)23(15-20)33-5/h6-15H,1-5H3,(H,27,29). The Morgan fingerprint density at radius 1 is 0.943 bits per heavy atom. The van der Waals surface area contributed by atoms with E-state index in [9.17, 15) is 13.2 Å². The predicted molar refractivity (Wildman–Crippen MR) is 141 cm³/mol. The zero-order valence-corrected chi connectivity index (χ0v) is 21.7. The summed E-state index contributed by atoms with van der Waals surface area (Å²) < 4.78 is 39.1. The molecule has 7 nitrogen and oxygen atoms in total. The van der Waals surface area contributed by atoms with Crippen LogP contribution >= 0.6 is 11.3 Å². The summed E-state index contributed by atoms with van der Waals surface area (Å²) in [4.78, 5) is 13.5. The van der Waals surface area contributed by atoms with Crippen molar-refractivity contribution in [2.75, 3.05) is 30.9 Å². The normalized spacial score (nSPS) is 11.3. The first-order valence-corrected chi connectivity index (χ1v) is 13.0. The Bertz CT molecular complexity index is 1530. The first-order chi connectivity index (χ1) is 16.6. The fraction of sp³-hybridized carbons (Fsp3) is 0.192. The Morgan fingerprint density at radius 3 is 2.40 bits per heavy atom. The third-order valence-electron chi connectivity index (χ3n) is 5.95. The van der Waals surface area contributed by atoms with Gasteiger partial charge in [0.15, 0.2) is 11.5 Å². The molecule has 3 aromatic carbocycles. The van der Waals surface area contributed by atoms with E-state index in [2.05, 4.69) is 5.32 Å². The highest BCUT2D eigenvalue weighted by molar-refractivity contribution is 7.92. The Morgan fingerprint density at radius 2 is 1.69 bits per heavy atom. The molecular formula is C26H26N2O5S2. The third kappa shape index (κ3) is 4.69. The van der Waals surface area contributed by atoms with Crippen molar-refractivity contribution in [3.63, 3.8) is 0 Å². The van der Waals surface area contributed by atoms with Gasteiger partial charge < -0.3 is 14.8 Å². The van der Waals surface area contributed by atoms with Crippen LogP contribution in [0.5, 0.6) is 11.5 Å². The van der Waals surface area contributed by atoms with E-state index in [1.165, 1.54) is 49.0 Å². The topological polar surface area (TPSA) is 84.9 Å². The van der Waals surface area contributed by atoms with Gasteiger partial charge >= 0.3 is 0 Å². The maximum absolute atomic E-state index is 13.3. The molecule has 0 radical (unpaired) electrons. The summed E-state index contributed by atoms with van der Waals surface area (Å²) in [6.07, 6.45) is 0. The molecule has 0 aliphatic carbocycles. The minimum Gasteiger partial charge on any atom is -0.493 e. The molecule has 0 saturated carbocycles. The highest BCUT2D eigenvalue weighted by Gasteiger charge is 2.24. The second kappa shape index (κ2) is 9.59.